The highest BCUT2D eigenvalue weighted by atomic mass is 15.1. The van der Waals surface area contributed by atoms with Gasteiger partial charge in [0.15, 0.2) is 0 Å². The van der Waals surface area contributed by atoms with Crippen molar-refractivity contribution in [3.63, 3.8) is 0 Å². The quantitative estimate of drug-likeness (QED) is 0.736. The summed E-state index contributed by atoms with van der Waals surface area (Å²) in [6.45, 7) is 0. The molecule has 0 radical (unpaired) electrons. The van der Waals surface area contributed by atoms with E-state index in [0.29, 0.717) is 12.1 Å². The molecular formula is C20H18N2. The summed E-state index contributed by atoms with van der Waals surface area (Å²) < 4.78 is 0. The van der Waals surface area contributed by atoms with Gasteiger partial charge in [-0.2, -0.15) is 0 Å². The molecule has 1 aliphatic rings. The van der Waals surface area contributed by atoms with Gasteiger partial charge in [-0.05, 0) is 23.6 Å². The highest BCUT2D eigenvalue weighted by Crippen LogP contribution is 2.33. The van der Waals surface area contributed by atoms with E-state index in [-0.39, 0.29) is 0 Å². The second kappa shape index (κ2) is 5.74. The first-order valence-electron chi connectivity index (χ1n) is 7.72. The van der Waals surface area contributed by atoms with E-state index >= 15 is 0 Å². The van der Waals surface area contributed by atoms with Crippen molar-refractivity contribution in [2.24, 2.45) is 0 Å². The van der Waals surface area contributed by atoms with Crippen LogP contribution in [0.2, 0.25) is 0 Å². The first kappa shape index (κ1) is 13.2. The van der Waals surface area contributed by atoms with Crippen LogP contribution in [0.25, 0.3) is 11.3 Å². The second-order valence-electron chi connectivity index (χ2n) is 5.74. The van der Waals surface area contributed by atoms with Crippen LogP contribution in [0.15, 0.2) is 79.0 Å². The Balaban J connectivity index is 1.56. The second-order valence-corrected chi connectivity index (χ2v) is 5.74. The zero-order valence-electron chi connectivity index (χ0n) is 12.3. The number of aromatic nitrogens is 1. The van der Waals surface area contributed by atoms with E-state index in [9.17, 15) is 0 Å². The monoisotopic (exact) mass is 286 g/mol. The van der Waals surface area contributed by atoms with E-state index in [4.69, 9.17) is 0 Å². The molecule has 1 aromatic heterocycles. The van der Waals surface area contributed by atoms with Crippen molar-refractivity contribution < 1.29 is 0 Å². The lowest BCUT2D eigenvalue weighted by molar-refractivity contribution is 0.897. The lowest BCUT2D eigenvalue weighted by Crippen LogP contribution is -2.01. The molecule has 0 amide bonds. The lowest BCUT2D eigenvalue weighted by Gasteiger charge is -2.07. The molecule has 1 saturated heterocycles. The Morgan fingerprint density at radius 3 is 2.32 bits per heavy atom. The van der Waals surface area contributed by atoms with E-state index < -0.39 is 0 Å². The molecule has 22 heavy (non-hydrogen) atoms. The minimum absolute atomic E-state index is 0.477. The van der Waals surface area contributed by atoms with Gasteiger partial charge >= 0.3 is 0 Å². The van der Waals surface area contributed by atoms with Crippen LogP contribution < -0.4 is 5.32 Å². The summed E-state index contributed by atoms with van der Waals surface area (Å²) in [6.07, 6.45) is 2.89. The van der Waals surface area contributed by atoms with Crippen LogP contribution >= 0.6 is 0 Å². The Bertz CT molecular complexity index is 753. The Hall–Kier alpha value is -2.45. The molecule has 3 aromatic rings. The minimum Gasteiger partial charge on any atom is -0.304 e. The van der Waals surface area contributed by atoms with Crippen LogP contribution in [0.5, 0.6) is 0 Å². The van der Waals surface area contributed by atoms with Gasteiger partial charge < -0.3 is 5.32 Å². The molecule has 1 aliphatic heterocycles. The molecule has 2 nitrogen and oxygen atoms in total. The molecule has 2 heteroatoms. The van der Waals surface area contributed by atoms with E-state index in [1.807, 2.05) is 18.3 Å². The number of rotatable bonds is 4. The van der Waals surface area contributed by atoms with Gasteiger partial charge in [-0.25, -0.2) is 0 Å². The smallest absolute Gasteiger partial charge is 0.0734 e. The number of hydrogen-bond donors (Lipinski definition) is 1. The van der Waals surface area contributed by atoms with Crippen LogP contribution in [0.1, 0.15) is 17.2 Å². The van der Waals surface area contributed by atoms with E-state index in [1.54, 1.807) is 0 Å². The van der Waals surface area contributed by atoms with Crippen LogP contribution in [-0.2, 0) is 6.42 Å². The lowest BCUT2D eigenvalue weighted by atomic mass is 9.99. The number of nitrogens with one attached hydrogen (secondary N) is 1. The van der Waals surface area contributed by atoms with Gasteiger partial charge in [-0.3, -0.25) is 4.98 Å². The van der Waals surface area contributed by atoms with Gasteiger partial charge in [-0.1, -0.05) is 66.7 Å². The Morgan fingerprint density at radius 2 is 1.55 bits per heavy atom. The van der Waals surface area contributed by atoms with Gasteiger partial charge in [0.25, 0.3) is 0 Å². The molecule has 0 aliphatic carbocycles. The highest BCUT2D eigenvalue weighted by molar-refractivity contribution is 5.63. The van der Waals surface area contributed by atoms with E-state index in [2.05, 4.69) is 71.0 Å². The molecule has 1 N–H and O–H groups in total. The SMILES string of the molecule is c1ccc(-c2ncccc2CC2NC2c2ccccc2)cc1. The molecule has 2 unspecified atom stereocenters. The number of benzene rings is 2. The van der Waals surface area contributed by atoms with Crippen LogP contribution in [0, 0.1) is 0 Å². The van der Waals surface area contributed by atoms with Crippen molar-refractivity contribution in [2.75, 3.05) is 0 Å². The number of hydrogen-bond acceptors (Lipinski definition) is 2. The summed E-state index contributed by atoms with van der Waals surface area (Å²) in [5, 5.41) is 3.58. The Labute approximate surface area is 130 Å². The minimum atomic E-state index is 0.477. The summed E-state index contributed by atoms with van der Waals surface area (Å²) in [5.41, 5.74) is 4.97. The van der Waals surface area contributed by atoms with Crippen molar-refractivity contribution in [1.82, 2.24) is 10.3 Å². The van der Waals surface area contributed by atoms with Crippen LogP contribution in [0.3, 0.4) is 0 Å². The zero-order chi connectivity index (χ0) is 14.8. The normalized spacial score (nSPS) is 19.8. The van der Waals surface area contributed by atoms with Crippen molar-refractivity contribution in [1.29, 1.82) is 0 Å². The van der Waals surface area contributed by atoms with E-state index in [1.165, 1.54) is 16.7 Å². The maximum absolute atomic E-state index is 4.60. The standard InChI is InChI=1S/C20H18N2/c1-3-8-15(9-4-1)19-17(12-7-13-21-19)14-18-20(22-18)16-10-5-2-6-11-16/h1-13,18,20,22H,14H2. The first-order chi connectivity index (χ1) is 10.9. The van der Waals surface area contributed by atoms with Gasteiger partial charge in [0.1, 0.15) is 0 Å². The summed E-state index contributed by atoms with van der Waals surface area (Å²) in [5.74, 6) is 0. The largest absolute Gasteiger partial charge is 0.304 e. The third-order valence-corrected chi connectivity index (χ3v) is 4.22. The molecule has 0 bridgehead atoms. The van der Waals surface area contributed by atoms with E-state index in [0.717, 1.165) is 12.1 Å². The van der Waals surface area contributed by atoms with Gasteiger partial charge in [0.2, 0.25) is 0 Å². The molecule has 0 spiro atoms. The predicted molar refractivity (Wildman–Crippen MR) is 89.5 cm³/mol. The number of nitrogens with zero attached hydrogens (tertiary/aromatic N) is 1. The van der Waals surface area contributed by atoms with Gasteiger partial charge in [-0.15, -0.1) is 0 Å². The van der Waals surface area contributed by atoms with Crippen molar-refractivity contribution in [3.05, 3.63) is 90.1 Å². The van der Waals surface area contributed by atoms with Crippen LogP contribution in [-0.4, -0.2) is 11.0 Å². The van der Waals surface area contributed by atoms with Gasteiger partial charge in [0.05, 0.1) is 5.69 Å². The third kappa shape index (κ3) is 2.66. The van der Waals surface area contributed by atoms with Gasteiger partial charge in [0, 0.05) is 23.8 Å². The van der Waals surface area contributed by atoms with Crippen molar-refractivity contribution >= 4 is 0 Å². The summed E-state index contributed by atoms with van der Waals surface area (Å²) in [7, 11) is 0. The topological polar surface area (TPSA) is 34.8 Å². The Morgan fingerprint density at radius 1 is 0.818 bits per heavy atom. The maximum Gasteiger partial charge on any atom is 0.0734 e. The summed E-state index contributed by atoms with van der Waals surface area (Å²) in [4.78, 5) is 4.60. The van der Waals surface area contributed by atoms with Crippen molar-refractivity contribution in [3.8, 4) is 11.3 Å². The average molecular weight is 286 g/mol. The highest BCUT2D eigenvalue weighted by Gasteiger charge is 2.37. The van der Waals surface area contributed by atoms with Crippen LogP contribution in [0.4, 0.5) is 0 Å². The average Bonchev–Trinajstić information content (AvgIpc) is 3.36. The molecule has 1 fully saturated rings. The molecular weight excluding hydrogens is 268 g/mol. The first-order valence-corrected chi connectivity index (χ1v) is 7.72. The zero-order valence-corrected chi connectivity index (χ0v) is 12.3. The molecule has 4 rings (SSSR count). The molecule has 2 atom stereocenters. The number of pyridine rings is 1. The maximum atomic E-state index is 4.60. The Kier molecular flexibility index (Phi) is 3.45. The third-order valence-electron chi connectivity index (χ3n) is 4.22. The molecule has 108 valence electrons. The fourth-order valence-electron chi connectivity index (χ4n) is 3.04. The molecule has 0 saturated carbocycles. The summed E-state index contributed by atoms with van der Waals surface area (Å²) >= 11 is 0. The fraction of sp³-hybridized carbons (Fsp3) is 0.150. The summed E-state index contributed by atoms with van der Waals surface area (Å²) in [6, 6.07) is 26.3. The van der Waals surface area contributed by atoms with Crippen molar-refractivity contribution in [2.45, 2.75) is 18.5 Å². The molecule has 2 aromatic carbocycles. The fourth-order valence-corrected chi connectivity index (χ4v) is 3.04. The predicted octanol–water partition coefficient (Wildman–Crippen LogP) is 4.00. The molecule has 2 heterocycles.